The van der Waals surface area contributed by atoms with Crippen molar-refractivity contribution >= 4 is 11.7 Å². The average molecular weight is 353 g/mol. The highest BCUT2D eigenvalue weighted by Gasteiger charge is 2.19. The van der Waals surface area contributed by atoms with Crippen LogP contribution in [0.5, 0.6) is 0 Å². The van der Waals surface area contributed by atoms with Crippen LogP contribution in [0.15, 0.2) is 48.7 Å². The van der Waals surface area contributed by atoms with Gasteiger partial charge in [-0.25, -0.2) is 4.98 Å². The molecule has 1 aliphatic heterocycles. The predicted molar refractivity (Wildman–Crippen MR) is 103 cm³/mol. The number of hydrogen-bond acceptors (Lipinski definition) is 4. The maximum atomic E-state index is 12.7. The summed E-state index contributed by atoms with van der Waals surface area (Å²) < 4.78 is 5.37. The molecule has 1 saturated heterocycles. The van der Waals surface area contributed by atoms with E-state index in [-0.39, 0.29) is 11.8 Å². The van der Waals surface area contributed by atoms with Crippen molar-refractivity contribution in [3.05, 3.63) is 59.8 Å². The molecule has 1 fully saturated rings. The first-order valence-electron chi connectivity index (χ1n) is 9.38. The van der Waals surface area contributed by atoms with Crippen LogP contribution >= 0.6 is 0 Å². The van der Waals surface area contributed by atoms with Crippen LogP contribution < -0.4 is 10.2 Å². The van der Waals surface area contributed by atoms with Crippen LogP contribution in [0, 0.1) is 0 Å². The van der Waals surface area contributed by atoms with Gasteiger partial charge in [-0.2, -0.15) is 0 Å². The van der Waals surface area contributed by atoms with Gasteiger partial charge in [0.2, 0.25) is 5.91 Å². The Labute approximate surface area is 155 Å². The number of benzene rings is 1. The van der Waals surface area contributed by atoms with Crippen molar-refractivity contribution in [2.75, 3.05) is 31.2 Å². The minimum Gasteiger partial charge on any atom is -0.378 e. The van der Waals surface area contributed by atoms with Gasteiger partial charge in [0.15, 0.2) is 0 Å². The summed E-state index contributed by atoms with van der Waals surface area (Å²) in [7, 11) is 0. The van der Waals surface area contributed by atoms with Crippen LogP contribution in [0.1, 0.15) is 36.8 Å². The first-order valence-corrected chi connectivity index (χ1v) is 9.38. The Morgan fingerprint density at radius 3 is 2.62 bits per heavy atom. The van der Waals surface area contributed by atoms with Crippen LogP contribution in [0.3, 0.4) is 0 Å². The lowest BCUT2D eigenvalue weighted by Crippen LogP contribution is -2.36. The fourth-order valence-electron chi connectivity index (χ4n) is 3.24. The molecule has 5 nitrogen and oxygen atoms in total. The van der Waals surface area contributed by atoms with Crippen LogP contribution in [-0.4, -0.2) is 37.2 Å². The maximum absolute atomic E-state index is 12.7. The topological polar surface area (TPSA) is 54.5 Å². The molecule has 26 heavy (non-hydrogen) atoms. The number of anilines is 1. The number of nitrogens with zero attached hydrogens (tertiary/aromatic N) is 2. The van der Waals surface area contributed by atoms with E-state index in [1.807, 2.05) is 48.7 Å². The molecule has 1 aromatic carbocycles. The van der Waals surface area contributed by atoms with Gasteiger partial charge in [-0.3, -0.25) is 4.79 Å². The lowest BCUT2D eigenvalue weighted by Gasteiger charge is -2.27. The molecule has 0 bridgehead atoms. The standard InChI is InChI=1S/C21H27N3O2/c1-2-6-19(18-7-4-3-5-8-18)21(25)23-16-17-9-10-20(22-15-17)24-11-13-26-14-12-24/h3-5,7-10,15,19H,2,6,11-14,16H2,1H3,(H,23,25). The Bertz CT molecular complexity index is 682. The van der Waals surface area contributed by atoms with E-state index < -0.39 is 0 Å². The summed E-state index contributed by atoms with van der Waals surface area (Å²) in [5, 5.41) is 3.07. The summed E-state index contributed by atoms with van der Waals surface area (Å²) in [6, 6.07) is 14.1. The van der Waals surface area contributed by atoms with Gasteiger partial charge in [0.1, 0.15) is 5.82 Å². The SMILES string of the molecule is CCCC(C(=O)NCc1ccc(N2CCOCC2)nc1)c1ccccc1. The quantitative estimate of drug-likeness (QED) is 0.831. The lowest BCUT2D eigenvalue weighted by molar-refractivity contribution is -0.122. The second kappa shape index (κ2) is 9.34. The van der Waals surface area contributed by atoms with Crippen molar-refractivity contribution in [1.29, 1.82) is 0 Å². The average Bonchev–Trinajstić information content (AvgIpc) is 2.72. The normalized spacial score (nSPS) is 15.5. The van der Waals surface area contributed by atoms with E-state index in [0.717, 1.165) is 56.1 Å². The molecular formula is C21H27N3O2. The molecule has 0 saturated carbocycles. The van der Waals surface area contributed by atoms with E-state index in [1.54, 1.807) is 0 Å². The van der Waals surface area contributed by atoms with E-state index in [1.165, 1.54) is 0 Å². The van der Waals surface area contributed by atoms with Crippen molar-refractivity contribution in [1.82, 2.24) is 10.3 Å². The number of morpholine rings is 1. The van der Waals surface area contributed by atoms with Gasteiger partial charge >= 0.3 is 0 Å². The predicted octanol–water partition coefficient (Wildman–Crippen LogP) is 3.12. The summed E-state index contributed by atoms with van der Waals surface area (Å²) in [5.41, 5.74) is 2.09. The number of hydrogen-bond donors (Lipinski definition) is 1. The molecule has 0 spiro atoms. The first-order chi connectivity index (χ1) is 12.8. The van der Waals surface area contributed by atoms with Crippen molar-refractivity contribution < 1.29 is 9.53 Å². The summed E-state index contributed by atoms with van der Waals surface area (Å²) in [6.07, 6.45) is 3.68. The minimum absolute atomic E-state index is 0.0790. The highest BCUT2D eigenvalue weighted by atomic mass is 16.5. The van der Waals surface area contributed by atoms with Gasteiger partial charge in [0.25, 0.3) is 0 Å². The largest absolute Gasteiger partial charge is 0.378 e. The minimum atomic E-state index is -0.0956. The van der Waals surface area contributed by atoms with E-state index in [9.17, 15) is 4.79 Å². The highest BCUT2D eigenvalue weighted by Crippen LogP contribution is 2.21. The van der Waals surface area contributed by atoms with Gasteiger partial charge in [-0.1, -0.05) is 49.7 Å². The first kappa shape index (κ1) is 18.4. The van der Waals surface area contributed by atoms with Crippen LogP contribution in [0.2, 0.25) is 0 Å². The fraction of sp³-hybridized carbons (Fsp3) is 0.429. The van der Waals surface area contributed by atoms with E-state index in [4.69, 9.17) is 4.74 Å². The van der Waals surface area contributed by atoms with Crippen molar-refractivity contribution in [3.63, 3.8) is 0 Å². The third-order valence-electron chi connectivity index (χ3n) is 4.71. The van der Waals surface area contributed by atoms with Crippen LogP contribution in [0.4, 0.5) is 5.82 Å². The molecule has 5 heteroatoms. The Morgan fingerprint density at radius 1 is 1.19 bits per heavy atom. The number of carbonyl (C=O) groups excluding carboxylic acids is 1. The molecule has 3 rings (SSSR count). The Hall–Kier alpha value is -2.40. The number of ether oxygens (including phenoxy) is 1. The van der Waals surface area contributed by atoms with Crippen molar-refractivity contribution in [3.8, 4) is 0 Å². The monoisotopic (exact) mass is 353 g/mol. The summed E-state index contributed by atoms with van der Waals surface area (Å²) in [6.45, 7) is 5.85. The van der Waals surface area contributed by atoms with Gasteiger partial charge < -0.3 is 15.0 Å². The molecule has 1 atom stereocenters. The Morgan fingerprint density at radius 2 is 1.96 bits per heavy atom. The maximum Gasteiger partial charge on any atom is 0.227 e. The van der Waals surface area contributed by atoms with Gasteiger partial charge in [0.05, 0.1) is 19.1 Å². The zero-order valence-corrected chi connectivity index (χ0v) is 15.4. The van der Waals surface area contributed by atoms with Gasteiger partial charge in [-0.15, -0.1) is 0 Å². The van der Waals surface area contributed by atoms with Gasteiger partial charge in [-0.05, 0) is 23.6 Å². The number of aromatic nitrogens is 1. The molecule has 1 aromatic heterocycles. The second-order valence-electron chi connectivity index (χ2n) is 6.59. The summed E-state index contributed by atoms with van der Waals surface area (Å²) in [4.78, 5) is 19.4. The van der Waals surface area contributed by atoms with Gasteiger partial charge in [0, 0.05) is 25.8 Å². The number of amides is 1. The smallest absolute Gasteiger partial charge is 0.227 e. The Kier molecular flexibility index (Phi) is 6.61. The van der Waals surface area contributed by atoms with E-state index in [2.05, 4.69) is 22.1 Å². The number of pyridine rings is 1. The zero-order chi connectivity index (χ0) is 18.2. The number of rotatable bonds is 7. The molecular weight excluding hydrogens is 326 g/mol. The fourth-order valence-corrected chi connectivity index (χ4v) is 3.24. The van der Waals surface area contributed by atoms with E-state index in [0.29, 0.717) is 6.54 Å². The summed E-state index contributed by atoms with van der Waals surface area (Å²) in [5.74, 6) is 0.952. The summed E-state index contributed by atoms with van der Waals surface area (Å²) >= 11 is 0. The molecule has 2 aromatic rings. The second-order valence-corrected chi connectivity index (χ2v) is 6.59. The number of carbonyl (C=O) groups is 1. The molecule has 0 radical (unpaired) electrons. The molecule has 0 aliphatic carbocycles. The molecule has 1 amide bonds. The third kappa shape index (κ3) is 4.82. The molecule has 2 heterocycles. The van der Waals surface area contributed by atoms with Crippen molar-refractivity contribution in [2.24, 2.45) is 0 Å². The molecule has 1 aliphatic rings. The molecule has 1 unspecified atom stereocenters. The number of nitrogens with one attached hydrogen (secondary N) is 1. The third-order valence-corrected chi connectivity index (χ3v) is 4.71. The molecule has 138 valence electrons. The zero-order valence-electron chi connectivity index (χ0n) is 15.4. The Balaban J connectivity index is 1.57. The highest BCUT2D eigenvalue weighted by molar-refractivity contribution is 5.83. The molecule has 1 N–H and O–H groups in total. The van der Waals surface area contributed by atoms with Crippen LogP contribution in [0.25, 0.3) is 0 Å². The van der Waals surface area contributed by atoms with Crippen molar-refractivity contribution in [2.45, 2.75) is 32.2 Å². The van der Waals surface area contributed by atoms with E-state index >= 15 is 0 Å². The lowest BCUT2D eigenvalue weighted by atomic mass is 9.93. The van der Waals surface area contributed by atoms with Crippen LogP contribution in [-0.2, 0) is 16.1 Å².